The van der Waals surface area contributed by atoms with Gasteiger partial charge in [0.05, 0.1) is 5.69 Å². The molecular weight excluding hydrogens is 213 g/mol. The lowest BCUT2D eigenvalue weighted by Crippen LogP contribution is -2.00. The van der Waals surface area contributed by atoms with Gasteiger partial charge in [-0.15, -0.1) is 0 Å². The molecule has 3 nitrogen and oxygen atoms in total. The first-order chi connectivity index (χ1) is 7.31. The molecule has 0 radical (unpaired) electrons. The van der Waals surface area contributed by atoms with Crippen LogP contribution in [0.25, 0.3) is 0 Å². The molecule has 0 bridgehead atoms. The third-order valence-electron chi connectivity index (χ3n) is 1.92. The van der Waals surface area contributed by atoms with Crippen molar-refractivity contribution in [3.63, 3.8) is 0 Å². The number of nitriles is 1. The summed E-state index contributed by atoms with van der Waals surface area (Å²) in [6, 6.07) is 3.59. The van der Waals surface area contributed by atoms with Gasteiger partial charge < -0.3 is 0 Å². The molecule has 2 heterocycles. The molecule has 2 aromatic heterocycles. The van der Waals surface area contributed by atoms with E-state index < -0.39 is 5.82 Å². The third kappa shape index (κ3) is 2.00. The number of hydrogen-bond donors (Lipinski definition) is 0. The highest BCUT2D eigenvalue weighted by atomic mass is 32.1. The van der Waals surface area contributed by atoms with Gasteiger partial charge in [-0.05, 0) is 22.4 Å². The molecular formula is C10H6FN3S. The zero-order valence-corrected chi connectivity index (χ0v) is 8.46. The molecule has 0 saturated heterocycles. The highest BCUT2D eigenvalue weighted by Gasteiger charge is 2.10. The number of hydrogen-bond acceptors (Lipinski definition) is 4. The number of halogens is 1. The minimum absolute atomic E-state index is 0.199. The third-order valence-corrected chi connectivity index (χ3v) is 2.65. The SMILES string of the molecule is N#Cc1ncnc(Cc2ccsc2)c1F. The van der Waals surface area contributed by atoms with E-state index in [2.05, 4.69) is 9.97 Å². The highest BCUT2D eigenvalue weighted by molar-refractivity contribution is 7.07. The Morgan fingerprint density at radius 2 is 2.33 bits per heavy atom. The molecule has 0 aromatic carbocycles. The summed E-state index contributed by atoms with van der Waals surface area (Å²) >= 11 is 1.54. The normalized spacial score (nSPS) is 9.87. The van der Waals surface area contributed by atoms with E-state index in [1.807, 2.05) is 16.8 Å². The van der Waals surface area contributed by atoms with E-state index in [1.165, 1.54) is 6.33 Å². The van der Waals surface area contributed by atoms with Crippen LogP contribution in [0.15, 0.2) is 23.2 Å². The molecule has 0 fully saturated rings. The van der Waals surface area contributed by atoms with Gasteiger partial charge >= 0.3 is 0 Å². The molecule has 0 amide bonds. The van der Waals surface area contributed by atoms with Crippen LogP contribution >= 0.6 is 11.3 Å². The molecule has 0 saturated carbocycles. The zero-order valence-electron chi connectivity index (χ0n) is 7.64. The Bertz CT molecular complexity index is 502. The quantitative estimate of drug-likeness (QED) is 0.777. The fourth-order valence-electron chi connectivity index (χ4n) is 1.19. The molecule has 0 aliphatic heterocycles. The zero-order chi connectivity index (χ0) is 10.7. The van der Waals surface area contributed by atoms with Crippen molar-refractivity contribution in [3.05, 3.63) is 45.9 Å². The van der Waals surface area contributed by atoms with Crippen LogP contribution in [-0.4, -0.2) is 9.97 Å². The lowest BCUT2D eigenvalue weighted by Gasteiger charge is -2.00. The van der Waals surface area contributed by atoms with Crippen LogP contribution in [0.3, 0.4) is 0 Å². The van der Waals surface area contributed by atoms with E-state index >= 15 is 0 Å². The molecule has 2 aromatic rings. The van der Waals surface area contributed by atoms with Crippen molar-refractivity contribution < 1.29 is 4.39 Å². The highest BCUT2D eigenvalue weighted by Crippen LogP contribution is 2.14. The van der Waals surface area contributed by atoms with E-state index in [1.54, 1.807) is 17.4 Å². The number of rotatable bonds is 2. The van der Waals surface area contributed by atoms with Crippen LogP contribution in [0, 0.1) is 17.1 Å². The Balaban J connectivity index is 2.34. The standard InChI is InChI=1S/C10H6FN3S/c11-10-8(3-7-1-2-15-5-7)13-6-14-9(10)4-12/h1-2,5-6H,3H2. The molecule has 0 aliphatic rings. The minimum atomic E-state index is -0.619. The molecule has 0 unspecified atom stereocenters. The first kappa shape index (κ1) is 9.74. The summed E-state index contributed by atoms with van der Waals surface area (Å²) in [6.45, 7) is 0. The van der Waals surface area contributed by atoms with Gasteiger partial charge in [-0.2, -0.15) is 16.6 Å². The van der Waals surface area contributed by atoms with Gasteiger partial charge in [0.15, 0.2) is 11.5 Å². The van der Waals surface area contributed by atoms with Crippen LogP contribution < -0.4 is 0 Å². The largest absolute Gasteiger partial charge is 0.238 e. The molecule has 0 N–H and O–H groups in total. The fourth-order valence-corrected chi connectivity index (χ4v) is 1.86. The molecule has 0 atom stereocenters. The summed E-state index contributed by atoms with van der Waals surface area (Å²) in [7, 11) is 0. The van der Waals surface area contributed by atoms with Crippen LogP contribution in [0.5, 0.6) is 0 Å². The van der Waals surface area contributed by atoms with E-state index in [0.29, 0.717) is 6.42 Å². The van der Waals surface area contributed by atoms with Gasteiger partial charge in [-0.1, -0.05) is 0 Å². The van der Waals surface area contributed by atoms with Gasteiger partial charge in [0.25, 0.3) is 0 Å². The van der Waals surface area contributed by atoms with Crippen LogP contribution in [0.4, 0.5) is 4.39 Å². The number of aromatic nitrogens is 2. The predicted molar refractivity (Wildman–Crippen MR) is 53.8 cm³/mol. The van der Waals surface area contributed by atoms with Crippen molar-refractivity contribution in [1.29, 1.82) is 5.26 Å². The van der Waals surface area contributed by atoms with Crippen molar-refractivity contribution in [2.24, 2.45) is 0 Å². The summed E-state index contributed by atoms with van der Waals surface area (Å²) in [5.74, 6) is -0.619. The Morgan fingerprint density at radius 1 is 1.47 bits per heavy atom. The Hall–Kier alpha value is -1.80. The van der Waals surface area contributed by atoms with Crippen molar-refractivity contribution in [2.45, 2.75) is 6.42 Å². The van der Waals surface area contributed by atoms with E-state index in [-0.39, 0.29) is 11.4 Å². The Morgan fingerprint density at radius 3 is 3.00 bits per heavy atom. The maximum absolute atomic E-state index is 13.5. The lowest BCUT2D eigenvalue weighted by atomic mass is 10.1. The first-order valence-electron chi connectivity index (χ1n) is 4.22. The van der Waals surface area contributed by atoms with Crippen molar-refractivity contribution in [2.75, 3.05) is 0 Å². The predicted octanol–water partition coefficient (Wildman–Crippen LogP) is 2.14. The number of nitrogens with zero attached hydrogens (tertiary/aromatic N) is 3. The molecule has 15 heavy (non-hydrogen) atoms. The maximum atomic E-state index is 13.5. The molecule has 0 spiro atoms. The van der Waals surface area contributed by atoms with Gasteiger partial charge in [0, 0.05) is 6.42 Å². The second-order valence-electron chi connectivity index (χ2n) is 2.90. The van der Waals surface area contributed by atoms with Crippen molar-refractivity contribution >= 4 is 11.3 Å². The summed E-state index contributed by atoms with van der Waals surface area (Å²) < 4.78 is 13.5. The maximum Gasteiger partial charge on any atom is 0.181 e. The summed E-state index contributed by atoms with van der Waals surface area (Å²) in [5, 5.41) is 12.4. The summed E-state index contributed by atoms with van der Waals surface area (Å²) in [6.07, 6.45) is 1.61. The van der Waals surface area contributed by atoms with Gasteiger partial charge in [0.2, 0.25) is 0 Å². The molecule has 0 aliphatic carbocycles. The lowest BCUT2D eigenvalue weighted by molar-refractivity contribution is 0.590. The van der Waals surface area contributed by atoms with Crippen LogP contribution in [-0.2, 0) is 6.42 Å². The van der Waals surface area contributed by atoms with Crippen LogP contribution in [0.1, 0.15) is 17.0 Å². The molecule has 2 rings (SSSR count). The van der Waals surface area contributed by atoms with E-state index in [4.69, 9.17) is 5.26 Å². The Kier molecular flexibility index (Phi) is 2.70. The smallest absolute Gasteiger partial charge is 0.181 e. The van der Waals surface area contributed by atoms with Gasteiger partial charge in [-0.25, -0.2) is 14.4 Å². The average molecular weight is 219 g/mol. The second kappa shape index (κ2) is 4.15. The fraction of sp³-hybridized carbons (Fsp3) is 0.100. The average Bonchev–Trinajstić information content (AvgIpc) is 2.74. The van der Waals surface area contributed by atoms with E-state index in [9.17, 15) is 4.39 Å². The van der Waals surface area contributed by atoms with Crippen LogP contribution in [0.2, 0.25) is 0 Å². The summed E-state index contributed by atoms with van der Waals surface area (Å²) in [4.78, 5) is 7.37. The summed E-state index contributed by atoms with van der Waals surface area (Å²) in [5.41, 5.74) is 1.05. The van der Waals surface area contributed by atoms with Gasteiger partial charge in [-0.3, -0.25) is 0 Å². The Labute approximate surface area is 89.9 Å². The van der Waals surface area contributed by atoms with E-state index in [0.717, 1.165) is 5.56 Å². The first-order valence-corrected chi connectivity index (χ1v) is 5.16. The number of thiophene rings is 1. The van der Waals surface area contributed by atoms with Gasteiger partial charge in [0.1, 0.15) is 12.4 Å². The van der Waals surface area contributed by atoms with Crippen molar-refractivity contribution in [3.8, 4) is 6.07 Å². The minimum Gasteiger partial charge on any atom is -0.238 e. The van der Waals surface area contributed by atoms with Crippen molar-refractivity contribution in [1.82, 2.24) is 9.97 Å². The second-order valence-corrected chi connectivity index (χ2v) is 3.68. The molecule has 74 valence electrons. The molecule has 5 heteroatoms. The topological polar surface area (TPSA) is 49.6 Å². The monoisotopic (exact) mass is 219 g/mol.